The van der Waals surface area contributed by atoms with Crippen molar-refractivity contribution in [2.45, 2.75) is 6.54 Å². The van der Waals surface area contributed by atoms with E-state index >= 15 is 0 Å². The first-order valence-corrected chi connectivity index (χ1v) is 9.40. The number of halogens is 1. The summed E-state index contributed by atoms with van der Waals surface area (Å²) in [6.45, 7) is 0.443. The second-order valence-corrected chi connectivity index (χ2v) is 7.06. The molecule has 2 aromatic heterocycles. The van der Waals surface area contributed by atoms with Crippen LogP contribution in [0.5, 0.6) is 0 Å². The highest BCUT2D eigenvalue weighted by Crippen LogP contribution is 2.21. The Kier molecular flexibility index (Phi) is 4.94. The number of carbonyl (C=O) groups is 1. The molecule has 0 aliphatic carbocycles. The first-order chi connectivity index (χ1) is 13.6. The van der Waals surface area contributed by atoms with Gasteiger partial charge in [-0.15, -0.1) is 11.3 Å². The first kappa shape index (κ1) is 18.0. The number of hydrogen-bond acceptors (Lipinski definition) is 5. The van der Waals surface area contributed by atoms with Crippen molar-refractivity contribution in [1.82, 2.24) is 20.1 Å². The molecule has 1 N–H and O–H groups in total. The van der Waals surface area contributed by atoms with Crippen molar-refractivity contribution in [2.75, 3.05) is 6.54 Å². The molecule has 0 saturated heterocycles. The molecule has 0 radical (unpaired) electrons. The van der Waals surface area contributed by atoms with E-state index in [4.69, 9.17) is 0 Å². The standard InChI is InChI=1S/C20H15FN4O2S/c21-14-7-5-13(6-8-14)15-9-10-18(26)25(24-15)12-11-22-19(27)20-23-16-3-1-2-4-17(16)28-20/h1-10H,11-12H2,(H,22,27). The number of fused-ring (bicyclic) bond motifs is 1. The normalized spacial score (nSPS) is 10.9. The Balaban J connectivity index is 1.44. The third kappa shape index (κ3) is 3.81. The molecule has 28 heavy (non-hydrogen) atoms. The van der Waals surface area contributed by atoms with Crippen LogP contribution in [0.4, 0.5) is 4.39 Å². The fraction of sp³-hybridized carbons (Fsp3) is 0.100. The number of carbonyl (C=O) groups excluding carboxylic acids is 1. The van der Waals surface area contributed by atoms with Gasteiger partial charge in [-0.3, -0.25) is 9.59 Å². The molecule has 8 heteroatoms. The Hall–Kier alpha value is -3.39. The summed E-state index contributed by atoms with van der Waals surface area (Å²) in [6.07, 6.45) is 0. The topological polar surface area (TPSA) is 76.9 Å². The summed E-state index contributed by atoms with van der Waals surface area (Å²) in [4.78, 5) is 28.6. The van der Waals surface area contributed by atoms with Crippen molar-refractivity contribution in [2.24, 2.45) is 0 Å². The zero-order valence-electron chi connectivity index (χ0n) is 14.6. The lowest BCUT2D eigenvalue weighted by Crippen LogP contribution is -2.31. The van der Waals surface area contributed by atoms with Crippen molar-refractivity contribution in [3.63, 3.8) is 0 Å². The maximum Gasteiger partial charge on any atom is 0.280 e. The molecule has 4 aromatic rings. The van der Waals surface area contributed by atoms with Crippen molar-refractivity contribution < 1.29 is 9.18 Å². The molecule has 0 bridgehead atoms. The summed E-state index contributed by atoms with van der Waals surface area (Å²) in [6, 6.07) is 16.4. The average Bonchev–Trinajstić information content (AvgIpc) is 3.14. The smallest absolute Gasteiger partial charge is 0.280 e. The summed E-state index contributed by atoms with van der Waals surface area (Å²) in [5.74, 6) is -0.626. The van der Waals surface area contributed by atoms with Crippen LogP contribution in [0.3, 0.4) is 0 Å². The molecule has 0 aliphatic heterocycles. The SMILES string of the molecule is O=C(NCCn1nc(-c2ccc(F)cc2)ccc1=O)c1nc2ccccc2s1. The molecular weight excluding hydrogens is 379 g/mol. The lowest BCUT2D eigenvalue weighted by atomic mass is 10.1. The molecule has 0 saturated carbocycles. The van der Waals surface area contributed by atoms with Gasteiger partial charge in [0.2, 0.25) is 0 Å². The minimum absolute atomic E-state index is 0.213. The number of nitrogens with one attached hydrogen (secondary N) is 1. The second-order valence-electron chi connectivity index (χ2n) is 6.03. The highest BCUT2D eigenvalue weighted by Gasteiger charge is 2.12. The van der Waals surface area contributed by atoms with E-state index in [1.54, 1.807) is 18.2 Å². The molecule has 2 heterocycles. The average molecular weight is 394 g/mol. The molecule has 2 aromatic carbocycles. The van der Waals surface area contributed by atoms with Crippen LogP contribution < -0.4 is 10.9 Å². The summed E-state index contributed by atoms with van der Waals surface area (Å²) in [7, 11) is 0. The van der Waals surface area contributed by atoms with Crippen LogP contribution in [0.2, 0.25) is 0 Å². The Morgan fingerprint density at radius 3 is 2.64 bits per heavy atom. The third-order valence-electron chi connectivity index (χ3n) is 4.10. The van der Waals surface area contributed by atoms with Crippen LogP contribution in [0.15, 0.2) is 65.5 Å². The zero-order chi connectivity index (χ0) is 19.5. The number of aromatic nitrogens is 3. The maximum absolute atomic E-state index is 13.1. The lowest BCUT2D eigenvalue weighted by Gasteiger charge is -2.08. The van der Waals surface area contributed by atoms with Crippen LogP contribution in [0.1, 0.15) is 9.80 Å². The monoisotopic (exact) mass is 394 g/mol. The molecule has 0 spiro atoms. The number of para-hydroxylation sites is 1. The van der Waals surface area contributed by atoms with E-state index in [1.165, 1.54) is 34.2 Å². The fourth-order valence-electron chi connectivity index (χ4n) is 2.70. The van der Waals surface area contributed by atoms with Gasteiger partial charge in [0.25, 0.3) is 11.5 Å². The van der Waals surface area contributed by atoms with E-state index < -0.39 is 0 Å². The van der Waals surface area contributed by atoms with Gasteiger partial charge in [0.05, 0.1) is 22.5 Å². The number of amides is 1. The molecule has 4 rings (SSSR count). The lowest BCUT2D eigenvalue weighted by molar-refractivity contribution is 0.0951. The maximum atomic E-state index is 13.1. The minimum atomic E-state index is -0.338. The molecule has 1 amide bonds. The van der Waals surface area contributed by atoms with E-state index in [2.05, 4.69) is 15.4 Å². The van der Waals surface area contributed by atoms with E-state index in [9.17, 15) is 14.0 Å². The van der Waals surface area contributed by atoms with Gasteiger partial charge in [-0.05, 0) is 42.5 Å². The molecule has 6 nitrogen and oxygen atoms in total. The van der Waals surface area contributed by atoms with Gasteiger partial charge in [0, 0.05) is 18.2 Å². The van der Waals surface area contributed by atoms with Crippen LogP contribution >= 0.6 is 11.3 Å². The van der Waals surface area contributed by atoms with Gasteiger partial charge in [-0.2, -0.15) is 5.10 Å². The first-order valence-electron chi connectivity index (χ1n) is 8.58. The molecule has 0 atom stereocenters. The quantitative estimate of drug-likeness (QED) is 0.564. The predicted molar refractivity (Wildman–Crippen MR) is 106 cm³/mol. The van der Waals surface area contributed by atoms with Crippen LogP contribution in [0, 0.1) is 5.82 Å². The van der Waals surface area contributed by atoms with Crippen LogP contribution in [0.25, 0.3) is 21.5 Å². The summed E-state index contributed by atoms with van der Waals surface area (Å²) in [5, 5.41) is 7.43. The number of rotatable bonds is 5. The van der Waals surface area contributed by atoms with E-state index in [0.29, 0.717) is 16.3 Å². The molecule has 0 aliphatic rings. The predicted octanol–water partition coefficient (Wildman–Crippen LogP) is 3.09. The summed E-state index contributed by atoms with van der Waals surface area (Å²) < 4.78 is 15.3. The van der Waals surface area contributed by atoms with Gasteiger partial charge in [0.15, 0.2) is 5.01 Å². The third-order valence-corrected chi connectivity index (χ3v) is 5.14. The van der Waals surface area contributed by atoms with E-state index in [-0.39, 0.29) is 30.4 Å². The minimum Gasteiger partial charge on any atom is -0.348 e. The summed E-state index contributed by atoms with van der Waals surface area (Å²) >= 11 is 1.32. The Bertz CT molecular complexity index is 1170. The van der Waals surface area contributed by atoms with E-state index in [1.807, 2.05) is 24.3 Å². The molecule has 0 fully saturated rings. The number of hydrogen-bond donors (Lipinski definition) is 1. The second kappa shape index (κ2) is 7.69. The largest absolute Gasteiger partial charge is 0.348 e. The van der Waals surface area contributed by atoms with Gasteiger partial charge in [-0.25, -0.2) is 14.1 Å². The Morgan fingerprint density at radius 1 is 1.07 bits per heavy atom. The van der Waals surface area contributed by atoms with Gasteiger partial charge in [-0.1, -0.05) is 12.1 Å². The van der Waals surface area contributed by atoms with Gasteiger partial charge < -0.3 is 5.32 Å². The van der Waals surface area contributed by atoms with Crippen molar-refractivity contribution >= 4 is 27.5 Å². The highest BCUT2D eigenvalue weighted by molar-refractivity contribution is 7.20. The Morgan fingerprint density at radius 2 is 1.86 bits per heavy atom. The number of nitrogens with zero attached hydrogens (tertiary/aromatic N) is 3. The Labute approximate surface area is 163 Å². The van der Waals surface area contributed by atoms with Crippen LogP contribution in [-0.2, 0) is 6.54 Å². The molecule has 0 unspecified atom stereocenters. The van der Waals surface area contributed by atoms with Crippen LogP contribution in [-0.4, -0.2) is 27.2 Å². The van der Waals surface area contributed by atoms with Crippen molar-refractivity contribution in [1.29, 1.82) is 0 Å². The zero-order valence-corrected chi connectivity index (χ0v) is 15.4. The van der Waals surface area contributed by atoms with Crippen molar-refractivity contribution in [3.05, 3.63) is 81.8 Å². The van der Waals surface area contributed by atoms with Gasteiger partial charge >= 0.3 is 0 Å². The van der Waals surface area contributed by atoms with E-state index in [0.717, 1.165) is 10.2 Å². The molecular formula is C20H15FN4O2S. The number of benzene rings is 2. The molecule has 140 valence electrons. The highest BCUT2D eigenvalue weighted by atomic mass is 32.1. The van der Waals surface area contributed by atoms with Gasteiger partial charge in [0.1, 0.15) is 5.82 Å². The summed E-state index contributed by atoms with van der Waals surface area (Å²) in [5.41, 5.74) is 1.76. The fourth-order valence-corrected chi connectivity index (χ4v) is 3.59. The van der Waals surface area contributed by atoms with Crippen molar-refractivity contribution in [3.8, 4) is 11.3 Å². The number of thiazole rings is 1.